The Bertz CT molecular complexity index is 2710. The SMILES string of the molecule is C[Si](C)(C)CCOCn1c(C(=O)N2CC(C3CC4C(=O)N5Cc6ccccc6CN=C5N4N(C(=O)c4cc(Br)c(Br)n4COCC[Si](C)(C)C)C3)CC3C(=O)N4Cc5ccccc5CN=C4N32)cc(Br)c1Br. The lowest BCUT2D eigenvalue weighted by Gasteiger charge is -2.49. The minimum Gasteiger partial charge on any atom is -0.361 e. The third-order valence-electron chi connectivity index (χ3n) is 14.6. The molecule has 22 heteroatoms. The third-order valence-corrected chi connectivity index (χ3v) is 22.0. The summed E-state index contributed by atoms with van der Waals surface area (Å²) in [5.74, 6) is -0.739. The van der Waals surface area contributed by atoms with E-state index in [0.29, 0.717) is 93.7 Å². The van der Waals surface area contributed by atoms with Crippen LogP contribution in [0, 0.1) is 11.8 Å². The maximum absolute atomic E-state index is 15.6. The summed E-state index contributed by atoms with van der Waals surface area (Å²) in [6, 6.07) is 20.0. The fraction of sp³-hybridized carbons (Fsp3) is 0.480. The molecule has 6 aliphatic rings. The fourth-order valence-corrected chi connectivity index (χ4v) is 13.7. The van der Waals surface area contributed by atoms with Crippen LogP contribution in [-0.2, 0) is 58.7 Å². The van der Waals surface area contributed by atoms with Gasteiger partial charge in [-0.05, 0) is 135 Å². The van der Waals surface area contributed by atoms with Crippen molar-refractivity contribution in [1.29, 1.82) is 0 Å². The first-order valence-corrected chi connectivity index (χ1v) is 35.2. The van der Waals surface area contributed by atoms with Gasteiger partial charge >= 0.3 is 0 Å². The highest BCUT2D eigenvalue weighted by Gasteiger charge is 2.57. The lowest BCUT2D eigenvalue weighted by Crippen LogP contribution is -2.63. The molecule has 16 nitrogen and oxygen atoms in total. The van der Waals surface area contributed by atoms with Crippen LogP contribution in [0.15, 0.2) is 88.8 Å². The van der Waals surface area contributed by atoms with E-state index in [1.807, 2.05) is 67.7 Å². The molecule has 4 unspecified atom stereocenters. The molecule has 2 aromatic heterocycles. The fourth-order valence-electron chi connectivity index (χ4n) is 10.6. The van der Waals surface area contributed by atoms with Crippen molar-refractivity contribution in [2.75, 3.05) is 26.3 Å². The van der Waals surface area contributed by atoms with E-state index in [4.69, 9.17) is 19.5 Å². The summed E-state index contributed by atoms with van der Waals surface area (Å²) in [5, 5.41) is 7.02. The zero-order valence-corrected chi connectivity index (χ0v) is 49.8. The number of hydrogen-bond acceptors (Lipinski definition) is 10. The number of fused-ring (bicyclic) bond motifs is 8. The highest BCUT2D eigenvalue weighted by Crippen LogP contribution is 2.44. The van der Waals surface area contributed by atoms with Gasteiger partial charge in [0.05, 0.1) is 35.1 Å². The molecule has 0 saturated carbocycles. The monoisotopic (exact) mass is 1270 g/mol. The molecule has 8 heterocycles. The van der Waals surface area contributed by atoms with Crippen LogP contribution in [0.5, 0.6) is 0 Å². The average molecular weight is 1270 g/mol. The Morgan fingerprint density at radius 1 is 0.597 bits per heavy atom. The van der Waals surface area contributed by atoms with E-state index < -0.39 is 28.2 Å². The van der Waals surface area contributed by atoms with Gasteiger partial charge in [0.2, 0.25) is 11.9 Å². The Balaban J connectivity index is 1.02. The van der Waals surface area contributed by atoms with Gasteiger partial charge in [0.15, 0.2) is 0 Å². The number of carbonyl (C=O) groups excluding carboxylic acids is 4. The van der Waals surface area contributed by atoms with Crippen LogP contribution in [0.2, 0.25) is 51.4 Å². The van der Waals surface area contributed by atoms with Crippen molar-refractivity contribution in [2.24, 2.45) is 21.8 Å². The smallest absolute Gasteiger partial charge is 0.289 e. The zero-order chi connectivity index (χ0) is 51.0. The highest BCUT2D eigenvalue weighted by molar-refractivity contribution is 9.13. The van der Waals surface area contributed by atoms with Crippen molar-refractivity contribution < 1.29 is 28.7 Å². The number of carbonyl (C=O) groups is 4. The first-order valence-electron chi connectivity index (χ1n) is 24.6. The maximum atomic E-state index is 15.6. The summed E-state index contributed by atoms with van der Waals surface area (Å²) >= 11 is 14.8. The van der Waals surface area contributed by atoms with Crippen molar-refractivity contribution in [3.05, 3.63) is 112 Å². The van der Waals surface area contributed by atoms with Gasteiger partial charge in [-0.1, -0.05) is 87.8 Å². The van der Waals surface area contributed by atoms with Crippen molar-refractivity contribution in [3.8, 4) is 0 Å². The molecule has 382 valence electrons. The highest BCUT2D eigenvalue weighted by atomic mass is 79.9. The number of rotatable bonds is 13. The summed E-state index contributed by atoms with van der Waals surface area (Å²) in [5.41, 5.74) is 4.79. The standard InChI is InChI=1S/C50H60Br4N10O6Si2/c1-71(2,3)17-15-69-29-59-39(21-37(51)43(59)53)47(67)61-27-35(19-41-45(65)57-25-33-13-9-7-11-31(33)23-55-49(57)63(41)61)36-20-42-46(66)58-26-34-14-10-8-12-32(34)24-56-50(58)64(42)62(28-36)48(68)40-22-38(52)44(54)60(40)30-70-16-18-72(4,5)6/h7-14,21-22,35-36,41-42H,15-20,23-30H2,1-6H3. The Morgan fingerprint density at radius 3 is 1.35 bits per heavy atom. The topological polar surface area (TPSA) is 141 Å². The summed E-state index contributed by atoms with van der Waals surface area (Å²) in [6.45, 7) is 16.9. The molecule has 2 aromatic carbocycles. The number of aromatic nitrogens is 2. The summed E-state index contributed by atoms with van der Waals surface area (Å²) in [4.78, 5) is 74.8. The van der Waals surface area contributed by atoms with Gasteiger partial charge in [0.25, 0.3) is 23.6 Å². The normalized spacial score (nSPS) is 21.9. The molecule has 10 rings (SSSR count). The number of nitrogens with zero attached hydrogens (tertiary/aromatic N) is 10. The van der Waals surface area contributed by atoms with Crippen LogP contribution in [-0.4, -0.2) is 129 Å². The quantitative estimate of drug-likeness (QED) is 0.0953. The Labute approximate surface area is 456 Å². The molecule has 4 aromatic rings. The zero-order valence-electron chi connectivity index (χ0n) is 41.4. The first-order chi connectivity index (χ1) is 34.3. The number of halogens is 4. The van der Waals surface area contributed by atoms with Gasteiger partial charge in [-0.3, -0.25) is 29.0 Å². The lowest BCUT2D eigenvalue weighted by atomic mass is 9.79. The van der Waals surface area contributed by atoms with Crippen LogP contribution in [0.1, 0.15) is 56.1 Å². The molecule has 0 N–H and O–H groups in total. The summed E-state index contributed by atoms with van der Waals surface area (Å²) < 4.78 is 18.8. The van der Waals surface area contributed by atoms with Crippen molar-refractivity contribution in [2.45, 2.75) is 116 Å². The third kappa shape index (κ3) is 9.91. The molecule has 4 atom stereocenters. The number of guanidine groups is 2. The van der Waals surface area contributed by atoms with Gasteiger partial charge in [-0.15, -0.1) is 0 Å². The number of hydrogen-bond donors (Lipinski definition) is 0. The number of hydrazine groups is 2. The van der Waals surface area contributed by atoms with Crippen LogP contribution in [0.3, 0.4) is 0 Å². The molecule has 0 radical (unpaired) electrons. The van der Waals surface area contributed by atoms with E-state index in [0.717, 1.165) is 34.3 Å². The second-order valence-electron chi connectivity index (χ2n) is 22.0. The largest absolute Gasteiger partial charge is 0.361 e. The van der Waals surface area contributed by atoms with Gasteiger partial charge in [0, 0.05) is 42.5 Å². The van der Waals surface area contributed by atoms with Crippen molar-refractivity contribution >= 4 is 115 Å². The van der Waals surface area contributed by atoms with Gasteiger partial charge in [0.1, 0.15) is 46.1 Å². The number of aliphatic imine (C=N–C) groups is 2. The Kier molecular flexibility index (Phi) is 14.6. The van der Waals surface area contributed by atoms with Gasteiger partial charge < -0.3 is 18.6 Å². The summed E-state index contributed by atoms with van der Waals surface area (Å²) in [7, 11) is -2.79. The van der Waals surface area contributed by atoms with Gasteiger partial charge in [-0.25, -0.2) is 30.0 Å². The van der Waals surface area contributed by atoms with E-state index >= 15 is 19.2 Å². The average Bonchev–Trinajstić information content (AvgIpc) is 3.86. The second kappa shape index (κ2) is 20.3. The molecule has 6 aliphatic heterocycles. The lowest BCUT2D eigenvalue weighted by molar-refractivity contribution is -0.138. The van der Waals surface area contributed by atoms with Gasteiger partial charge in [-0.2, -0.15) is 0 Å². The van der Waals surface area contributed by atoms with Crippen molar-refractivity contribution in [3.63, 3.8) is 0 Å². The molecule has 72 heavy (non-hydrogen) atoms. The second-order valence-corrected chi connectivity index (χ2v) is 36.4. The molecule has 4 fully saturated rings. The molecule has 0 bridgehead atoms. The van der Waals surface area contributed by atoms with Crippen LogP contribution < -0.4 is 0 Å². The van der Waals surface area contributed by atoms with E-state index in [9.17, 15) is 0 Å². The predicted octanol–water partition coefficient (Wildman–Crippen LogP) is 9.58. The molecular formula is C50H60Br4N10O6Si2. The minimum absolute atomic E-state index is 0.140. The van der Waals surface area contributed by atoms with Crippen molar-refractivity contribution in [1.82, 2.24) is 39.0 Å². The first kappa shape index (κ1) is 51.6. The van der Waals surface area contributed by atoms with Crippen LogP contribution in [0.25, 0.3) is 0 Å². The predicted molar refractivity (Wildman–Crippen MR) is 294 cm³/mol. The Hall–Kier alpha value is -3.91. The number of ether oxygens (including phenoxy) is 2. The maximum Gasteiger partial charge on any atom is 0.289 e. The van der Waals surface area contributed by atoms with E-state index in [2.05, 4.69) is 103 Å². The minimum atomic E-state index is -1.40. The Morgan fingerprint density at radius 2 is 0.972 bits per heavy atom. The summed E-state index contributed by atoms with van der Waals surface area (Å²) in [6.07, 6.45) is 0.746. The van der Waals surface area contributed by atoms with E-state index in [-0.39, 0.29) is 62.0 Å². The molecular weight excluding hydrogens is 1210 g/mol. The number of benzene rings is 2. The van der Waals surface area contributed by atoms with E-state index in [1.165, 1.54) is 0 Å². The van der Waals surface area contributed by atoms with Crippen LogP contribution >= 0.6 is 63.7 Å². The number of amides is 4. The molecule has 4 amide bonds. The van der Waals surface area contributed by atoms with E-state index in [1.54, 1.807) is 32.0 Å². The molecule has 0 aliphatic carbocycles. The van der Waals surface area contributed by atoms with Crippen LogP contribution in [0.4, 0.5) is 0 Å². The molecule has 4 saturated heterocycles. The molecule has 0 spiro atoms.